The average Bonchev–Trinajstić information content (AvgIpc) is 2.17. The number of carbonyl (C=O) groups excluding carboxylic acids is 1. The number of nitrogens with two attached hydrogens (primary N) is 1. The van der Waals surface area contributed by atoms with Crippen LogP contribution in [0, 0.1) is 0 Å². The Morgan fingerprint density at radius 2 is 2.33 bits per heavy atom. The van der Waals surface area contributed by atoms with E-state index in [1.807, 2.05) is 31.2 Å². The fourth-order valence-electron chi connectivity index (χ4n) is 1.77. The van der Waals surface area contributed by atoms with Gasteiger partial charge in [-0.2, -0.15) is 0 Å². The highest BCUT2D eigenvalue weighted by Gasteiger charge is 2.32. The third-order valence-corrected chi connectivity index (χ3v) is 2.56. The van der Waals surface area contributed by atoms with E-state index < -0.39 is 5.54 Å². The number of rotatable bonds is 1. The topological polar surface area (TPSA) is 64.3 Å². The van der Waals surface area contributed by atoms with Crippen LogP contribution in [0.25, 0.3) is 0 Å². The first-order valence-corrected chi connectivity index (χ1v) is 4.85. The lowest BCUT2D eigenvalue weighted by molar-refractivity contribution is -0.135. The molecule has 1 aromatic rings. The summed E-state index contributed by atoms with van der Waals surface area (Å²) >= 11 is 0. The van der Waals surface area contributed by atoms with E-state index in [4.69, 9.17) is 10.5 Å². The second-order valence-electron chi connectivity index (χ2n) is 4.00. The van der Waals surface area contributed by atoms with Crippen molar-refractivity contribution >= 4 is 11.6 Å². The lowest BCUT2D eigenvalue weighted by Crippen LogP contribution is -2.52. The molecule has 1 amide bonds. The predicted molar refractivity (Wildman–Crippen MR) is 57.2 cm³/mol. The molecule has 1 fully saturated rings. The molecule has 4 heteroatoms. The molecule has 1 atom stereocenters. The van der Waals surface area contributed by atoms with Crippen LogP contribution in [-0.4, -0.2) is 19.1 Å². The highest BCUT2D eigenvalue weighted by atomic mass is 16.5. The monoisotopic (exact) mass is 206 g/mol. The van der Waals surface area contributed by atoms with E-state index >= 15 is 0 Å². The van der Waals surface area contributed by atoms with Crippen molar-refractivity contribution in [1.29, 1.82) is 0 Å². The van der Waals surface area contributed by atoms with Crippen LogP contribution < -0.4 is 11.1 Å². The zero-order valence-electron chi connectivity index (χ0n) is 8.62. The fraction of sp³-hybridized carbons (Fsp3) is 0.364. The van der Waals surface area contributed by atoms with Crippen LogP contribution in [0.2, 0.25) is 0 Å². The molecule has 1 aromatic carbocycles. The van der Waals surface area contributed by atoms with Crippen molar-refractivity contribution in [3.8, 4) is 0 Å². The molecule has 1 aliphatic heterocycles. The number of ether oxygens (including phenoxy) is 1. The number of hydrogen-bond acceptors (Lipinski definition) is 3. The Labute approximate surface area is 88.4 Å². The van der Waals surface area contributed by atoms with Gasteiger partial charge in [0.15, 0.2) is 0 Å². The normalized spacial score (nSPS) is 26.1. The van der Waals surface area contributed by atoms with E-state index in [-0.39, 0.29) is 12.5 Å². The van der Waals surface area contributed by atoms with Gasteiger partial charge in [-0.05, 0) is 24.6 Å². The molecule has 1 aliphatic rings. The van der Waals surface area contributed by atoms with Gasteiger partial charge in [-0.3, -0.25) is 4.79 Å². The van der Waals surface area contributed by atoms with E-state index in [0.717, 1.165) is 5.56 Å². The maximum absolute atomic E-state index is 11.3. The lowest BCUT2D eigenvalue weighted by atomic mass is 9.91. The third kappa shape index (κ3) is 1.94. The number of morpholine rings is 1. The van der Waals surface area contributed by atoms with Crippen LogP contribution in [0.3, 0.4) is 0 Å². The van der Waals surface area contributed by atoms with Crippen molar-refractivity contribution in [3.63, 3.8) is 0 Å². The number of carbonyl (C=O) groups is 1. The van der Waals surface area contributed by atoms with Gasteiger partial charge < -0.3 is 15.8 Å². The number of nitrogens with one attached hydrogen (secondary N) is 1. The number of hydrogen-bond donors (Lipinski definition) is 2. The van der Waals surface area contributed by atoms with E-state index in [0.29, 0.717) is 12.3 Å². The summed E-state index contributed by atoms with van der Waals surface area (Å²) in [6, 6.07) is 7.48. The van der Waals surface area contributed by atoms with Crippen LogP contribution in [-0.2, 0) is 15.1 Å². The van der Waals surface area contributed by atoms with Gasteiger partial charge in [0.05, 0.1) is 12.1 Å². The summed E-state index contributed by atoms with van der Waals surface area (Å²) in [6.07, 6.45) is 0. The molecule has 15 heavy (non-hydrogen) atoms. The molecule has 0 saturated carbocycles. The highest BCUT2D eigenvalue weighted by molar-refractivity contribution is 5.79. The molecule has 0 aliphatic carbocycles. The van der Waals surface area contributed by atoms with Gasteiger partial charge in [0.25, 0.3) is 0 Å². The first kappa shape index (κ1) is 9.98. The highest BCUT2D eigenvalue weighted by Crippen LogP contribution is 2.24. The van der Waals surface area contributed by atoms with E-state index in [1.54, 1.807) is 0 Å². The lowest BCUT2D eigenvalue weighted by Gasteiger charge is -2.34. The molecule has 1 saturated heterocycles. The largest absolute Gasteiger partial charge is 0.399 e. The van der Waals surface area contributed by atoms with Gasteiger partial charge in [0, 0.05) is 5.69 Å². The Morgan fingerprint density at radius 1 is 1.53 bits per heavy atom. The van der Waals surface area contributed by atoms with Crippen molar-refractivity contribution in [2.45, 2.75) is 12.5 Å². The summed E-state index contributed by atoms with van der Waals surface area (Å²) < 4.78 is 5.24. The van der Waals surface area contributed by atoms with Gasteiger partial charge in [-0.1, -0.05) is 12.1 Å². The van der Waals surface area contributed by atoms with E-state index in [2.05, 4.69) is 5.32 Å². The zero-order chi connectivity index (χ0) is 10.9. The number of nitrogen functional groups attached to an aromatic ring is 1. The summed E-state index contributed by atoms with van der Waals surface area (Å²) in [4.78, 5) is 11.3. The zero-order valence-corrected chi connectivity index (χ0v) is 8.62. The summed E-state index contributed by atoms with van der Waals surface area (Å²) in [5, 5.41) is 2.92. The smallest absolute Gasteiger partial charge is 0.246 e. The van der Waals surface area contributed by atoms with Crippen LogP contribution in [0.5, 0.6) is 0 Å². The Bertz CT molecular complexity index is 392. The van der Waals surface area contributed by atoms with Crippen molar-refractivity contribution in [3.05, 3.63) is 29.8 Å². The minimum atomic E-state index is -0.468. The molecular formula is C11H14N2O2. The molecule has 1 unspecified atom stereocenters. The standard InChI is InChI=1S/C11H14N2O2/c1-11(7-15-6-10(14)13-11)8-3-2-4-9(12)5-8/h2-5H,6-7,12H2,1H3,(H,13,14). The molecule has 80 valence electrons. The van der Waals surface area contributed by atoms with Gasteiger partial charge in [0.2, 0.25) is 5.91 Å². The van der Waals surface area contributed by atoms with Gasteiger partial charge in [-0.25, -0.2) is 0 Å². The van der Waals surface area contributed by atoms with Gasteiger partial charge in [-0.15, -0.1) is 0 Å². The van der Waals surface area contributed by atoms with Gasteiger partial charge >= 0.3 is 0 Å². The second kappa shape index (κ2) is 3.55. The fourth-order valence-corrected chi connectivity index (χ4v) is 1.77. The quantitative estimate of drug-likeness (QED) is 0.662. The summed E-state index contributed by atoms with van der Waals surface area (Å²) in [7, 11) is 0. The molecule has 0 bridgehead atoms. The van der Waals surface area contributed by atoms with Crippen molar-refractivity contribution in [2.75, 3.05) is 18.9 Å². The van der Waals surface area contributed by atoms with E-state index in [9.17, 15) is 4.79 Å². The number of amides is 1. The Morgan fingerprint density at radius 3 is 3.00 bits per heavy atom. The summed E-state index contributed by atoms with van der Waals surface area (Å²) in [5.41, 5.74) is 6.89. The average molecular weight is 206 g/mol. The predicted octanol–water partition coefficient (Wildman–Crippen LogP) is 0.630. The maximum atomic E-state index is 11.3. The molecule has 0 radical (unpaired) electrons. The van der Waals surface area contributed by atoms with Crippen LogP contribution in [0.1, 0.15) is 12.5 Å². The van der Waals surface area contributed by atoms with Crippen molar-refractivity contribution in [2.24, 2.45) is 0 Å². The minimum absolute atomic E-state index is 0.0915. The SMILES string of the molecule is CC1(c2cccc(N)c2)COCC(=O)N1. The molecule has 0 spiro atoms. The van der Waals surface area contributed by atoms with Crippen LogP contribution in [0.15, 0.2) is 24.3 Å². The van der Waals surface area contributed by atoms with Crippen LogP contribution >= 0.6 is 0 Å². The van der Waals surface area contributed by atoms with Crippen molar-refractivity contribution in [1.82, 2.24) is 5.32 Å². The third-order valence-electron chi connectivity index (χ3n) is 2.56. The summed E-state index contributed by atoms with van der Waals surface area (Å²) in [5.74, 6) is -0.0915. The first-order chi connectivity index (χ1) is 7.10. The maximum Gasteiger partial charge on any atom is 0.246 e. The minimum Gasteiger partial charge on any atom is -0.399 e. The number of anilines is 1. The molecule has 3 N–H and O–H groups in total. The van der Waals surface area contributed by atoms with Crippen molar-refractivity contribution < 1.29 is 9.53 Å². The number of benzene rings is 1. The molecule has 0 aromatic heterocycles. The Balaban J connectivity index is 2.32. The Hall–Kier alpha value is -1.55. The van der Waals surface area contributed by atoms with Crippen LogP contribution in [0.4, 0.5) is 5.69 Å². The molecular weight excluding hydrogens is 192 g/mol. The van der Waals surface area contributed by atoms with Gasteiger partial charge in [0.1, 0.15) is 6.61 Å². The molecule has 1 heterocycles. The second-order valence-corrected chi connectivity index (χ2v) is 4.00. The Kier molecular flexibility index (Phi) is 2.36. The first-order valence-electron chi connectivity index (χ1n) is 4.85. The molecule has 2 rings (SSSR count). The molecule has 4 nitrogen and oxygen atoms in total. The van der Waals surface area contributed by atoms with E-state index in [1.165, 1.54) is 0 Å². The summed E-state index contributed by atoms with van der Waals surface area (Å²) in [6.45, 7) is 2.54.